The Hall–Kier alpha value is -4.34. The van der Waals surface area contributed by atoms with Gasteiger partial charge in [0, 0.05) is 42.3 Å². The van der Waals surface area contributed by atoms with E-state index in [2.05, 4.69) is 15.6 Å². The third-order valence-electron chi connectivity index (χ3n) is 7.56. The summed E-state index contributed by atoms with van der Waals surface area (Å²) < 4.78 is 0. The maximum atomic E-state index is 13.0. The number of allylic oxidation sites excluding steroid dienone is 1. The summed E-state index contributed by atoms with van der Waals surface area (Å²) in [5.74, 6) is -1.37. The number of anilines is 1. The molecule has 3 aliphatic rings. The first-order valence-corrected chi connectivity index (χ1v) is 13.3. The standard InChI is InChI=1S/C29H32N6O4/c1-17-4-2-6-24(33-17)19(15-30)16-32-21-12-18(13-21)5-3-11-31-20-7-8-22-23(14-20)29(39)35(28(22)38)25-9-10-26(36)34-27(25)37/h2,4,6-8,14-16,18,21,25,31H,3,5,9-13,30H2,1H3,(H,34,36,37). The van der Waals surface area contributed by atoms with E-state index in [-0.39, 0.29) is 24.0 Å². The Morgan fingerprint density at radius 1 is 1.15 bits per heavy atom. The number of nitrogens with two attached hydrogens (primary N) is 1. The number of carbonyl (C=O) groups excluding carboxylic acids is 4. The van der Waals surface area contributed by atoms with Crippen molar-refractivity contribution in [3.05, 3.63) is 65.1 Å². The Morgan fingerprint density at radius 3 is 2.69 bits per heavy atom. The van der Waals surface area contributed by atoms with Crippen LogP contribution in [0.5, 0.6) is 0 Å². The highest BCUT2D eigenvalue weighted by molar-refractivity contribution is 6.23. The first kappa shape index (κ1) is 26.3. The second-order valence-corrected chi connectivity index (χ2v) is 10.3. The monoisotopic (exact) mass is 528 g/mol. The lowest BCUT2D eigenvalue weighted by Crippen LogP contribution is -2.54. The van der Waals surface area contributed by atoms with E-state index in [0.717, 1.165) is 59.8 Å². The molecule has 2 aromatic rings. The van der Waals surface area contributed by atoms with E-state index in [1.54, 1.807) is 24.4 Å². The van der Waals surface area contributed by atoms with Gasteiger partial charge in [0.15, 0.2) is 0 Å². The van der Waals surface area contributed by atoms with E-state index < -0.39 is 29.7 Å². The summed E-state index contributed by atoms with van der Waals surface area (Å²) in [6, 6.07) is 10.2. The quantitative estimate of drug-likeness (QED) is 0.258. The fourth-order valence-corrected chi connectivity index (χ4v) is 5.35. The van der Waals surface area contributed by atoms with Crippen molar-refractivity contribution in [1.29, 1.82) is 0 Å². The number of rotatable bonds is 9. The molecule has 1 aromatic heterocycles. The van der Waals surface area contributed by atoms with Gasteiger partial charge in [0.1, 0.15) is 6.04 Å². The van der Waals surface area contributed by atoms with Crippen LogP contribution in [0.25, 0.3) is 5.57 Å². The number of benzene rings is 1. The highest BCUT2D eigenvalue weighted by Gasteiger charge is 2.44. The van der Waals surface area contributed by atoms with Gasteiger partial charge in [-0.3, -0.25) is 39.4 Å². The first-order chi connectivity index (χ1) is 18.8. The maximum Gasteiger partial charge on any atom is 0.262 e. The van der Waals surface area contributed by atoms with Gasteiger partial charge < -0.3 is 11.1 Å². The fourth-order valence-electron chi connectivity index (χ4n) is 5.35. The number of fused-ring (bicyclic) bond motifs is 1. The van der Waals surface area contributed by atoms with Crippen LogP contribution in [0.3, 0.4) is 0 Å². The number of aryl methyl sites for hydroxylation is 1. The van der Waals surface area contributed by atoms with Gasteiger partial charge in [-0.25, -0.2) is 0 Å². The lowest BCUT2D eigenvalue weighted by Gasteiger charge is -2.32. The zero-order valence-electron chi connectivity index (χ0n) is 21.9. The van der Waals surface area contributed by atoms with Crippen molar-refractivity contribution in [1.82, 2.24) is 15.2 Å². The van der Waals surface area contributed by atoms with Crippen LogP contribution in [-0.4, -0.2) is 58.4 Å². The van der Waals surface area contributed by atoms with Crippen molar-refractivity contribution in [2.45, 2.75) is 57.5 Å². The average molecular weight is 529 g/mol. The van der Waals surface area contributed by atoms with Crippen LogP contribution in [0.2, 0.25) is 0 Å². The zero-order chi connectivity index (χ0) is 27.5. The molecule has 2 fully saturated rings. The van der Waals surface area contributed by atoms with Crippen LogP contribution < -0.4 is 16.4 Å². The number of aromatic nitrogens is 1. The van der Waals surface area contributed by atoms with Crippen LogP contribution in [0.1, 0.15) is 70.6 Å². The molecule has 1 aliphatic carbocycles. The van der Waals surface area contributed by atoms with Gasteiger partial charge >= 0.3 is 0 Å². The number of carbonyl (C=O) groups is 4. The van der Waals surface area contributed by atoms with Crippen LogP contribution in [-0.2, 0) is 9.59 Å². The number of hydrogen-bond donors (Lipinski definition) is 3. The van der Waals surface area contributed by atoms with Gasteiger partial charge in [0.25, 0.3) is 11.8 Å². The third kappa shape index (κ3) is 5.59. The minimum Gasteiger partial charge on any atom is -0.404 e. The van der Waals surface area contributed by atoms with Gasteiger partial charge in [0.2, 0.25) is 11.8 Å². The number of pyridine rings is 1. The van der Waals surface area contributed by atoms with E-state index in [0.29, 0.717) is 12.0 Å². The number of nitrogens with one attached hydrogen (secondary N) is 2. The SMILES string of the molecule is Cc1cccc(C(C=NC2CC(CCCNc3ccc4c(c3)C(=O)N(C3CCC(=O)NC3=O)C4=O)C2)=CN)n1. The smallest absolute Gasteiger partial charge is 0.262 e. The molecule has 0 bridgehead atoms. The molecule has 0 spiro atoms. The largest absolute Gasteiger partial charge is 0.404 e. The second-order valence-electron chi connectivity index (χ2n) is 10.3. The summed E-state index contributed by atoms with van der Waals surface area (Å²) in [6.07, 6.45) is 7.74. The molecule has 4 N–H and O–H groups in total. The van der Waals surface area contributed by atoms with E-state index in [1.165, 1.54) is 0 Å². The van der Waals surface area contributed by atoms with Crippen molar-refractivity contribution in [2.24, 2.45) is 16.6 Å². The summed E-state index contributed by atoms with van der Waals surface area (Å²) >= 11 is 0. The van der Waals surface area contributed by atoms with Gasteiger partial charge in [-0.05, 0) is 75.3 Å². The van der Waals surface area contributed by atoms with E-state index in [4.69, 9.17) is 10.7 Å². The molecule has 2 aliphatic heterocycles. The highest BCUT2D eigenvalue weighted by Crippen LogP contribution is 2.34. The van der Waals surface area contributed by atoms with Crippen molar-refractivity contribution in [3.63, 3.8) is 0 Å². The van der Waals surface area contributed by atoms with Crippen LogP contribution in [0, 0.1) is 12.8 Å². The molecule has 3 heterocycles. The van der Waals surface area contributed by atoms with Gasteiger partial charge in [-0.15, -0.1) is 0 Å². The highest BCUT2D eigenvalue weighted by atomic mass is 16.2. The predicted molar refractivity (Wildman–Crippen MR) is 147 cm³/mol. The number of imide groups is 2. The third-order valence-corrected chi connectivity index (χ3v) is 7.56. The molecule has 10 heteroatoms. The number of amides is 4. The topological polar surface area (TPSA) is 147 Å². The average Bonchev–Trinajstić information content (AvgIpc) is 3.13. The Balaban J connectivity index is 1.07. The molecule has 5 rings (SSSR count). The van der Waals surface area contributed by atoms with Crippen molar-refractivity contribution in [2.75, 3.05) is 11.9 Å². The molecule has 1 saturated carbocycles. The predicted octanol–water partition coefficient (Wildman–Crippen LogP) is 2.83. The Morgan fingerprint density at radius 2 is 1.95 bits per heavy atom. The number of nitrogens with zero attached hydrogens (tertiary/aromatic N) is 3. The molecule has 1 saturated heterocycles. The van der Waals surface area contributed by atoms with Crippen molar-refractivity contribution in [3.8, 4) is 0 Å². The fraction of sp³-hybridized carbons (Fsp3) is 0.379. The summed E-state index contributed by atoms with van der Waals surface area (Å²) in [4.78, 5) is 59.7. The molecule has 202 valence electrons. The van der Waals surface area contributed by atoms with E-state index >= 15 is 0 Å². The lowest BCUT2D eigenvalue weighted by atomic mass is 9.78. The van der Waals surface area contributed by atoms with E-state index in [9.17, 15) is 19.2 Å². The zero-order valence-corrected chi connectivity index (χ0v) is 21.9. The minimum atomic E-state index is -0.959. The van der Waals surface area contributed by atoms with Crippen molar-refractivity contribution >= 4 is 41.1 Å². The minimum absolute atomic E-state index is 0.0986. The summed E-state index contributed by atoms with van der Waals surface area (Å²) in [5, 5.41) is 5.55. The molecule has 1 aromatic carbocycles. The van der Waals surface area contributed by atoms with Gasteiger partial charge in [0.05, 0.1) is 22.9 Å². The van der Waals surface area contributed by atoms with Crippen LogP contribution in [0.4, 0.5) is 5.69 Å². The Bertz CT molecular complexity index is 1380. The summed E-state index contributed by atoms with van der Waals surface area (Å²) in [5.41, 5.74) is 9.68. The Labute approximate surface area is 226 Å². The first-order valence-electron chi connectivity index (χ1n) is 13.3. The molecule has 1 unspecified atom stereocenters. The van der Waals surface area contributed by atoms with E-state index in [1.807, 2.05) is 31.3 Å². The molecule has 4 amide bonds. The molecule has 39 heavy (non-hydrogen) atoms. The molecule has 1 atom stereocenters. The molecule has 0 radical (unpaired) electrons. The lowest BCUT2D eigenvalue weighted by molar-refractivity contribution is -0.136. The molecular weight excluding hydrogens is 496 g/mol. The van der Waals surface area contributed by atoms with Crippen LogP contribution in [0.15, 0.2) is 47.6 Å². The second kappa shape index (κ2) is 11.2. The normalized spacial score (nSPS) is 23.2. The number of aliphatic imine (C=N–C) groups is 1. The van der Waals surface area contributed by atoms with Crippen molar-refractivity contribution < 1.29 is 19.2 Å². The molecule has 10 nitrogen and oxygen atoms in total. The number of piperidine rings is 1. The summed E-state index contributed by atoms with van der Waals surface area (Å²) in [7, 11) is 0. The number of hydrogen-bond acceptors (Lipinski definition) is 8. The summed E-state index contributed by atoms with van der Waals surface area (Å²) in [6.45, 7) is 2.68. The van der Waals surface area contributed by atoms with Gasteiger partial charge in [-0.2, -0.15) is 0 Å². The van der Waals surface area contributed by atoms with Crippen LogP contribution >= 0.6 is 0 Å². The maximum absolute atomic E-state index is 13.0. The van der Waals surface area contributed by atoms with Gasteiger partial charge in [-0.1, -0.05) is 6.07 Å². The molecular formula is C29H32N6O4. The Kier molecular flexibility index (Phi) is 7.53.